The minimum Gasteiger partial charge on any atom is -0.378 e. The van der Waals surface area contributed by atoms with Crippen LogP contribution in [0.2, 0.25) is 0 Å². The van der Waals surface area contributed by atoms with E-state index in [0.29, 0.717) is 5.82 Å². The zero-order valence-electron chi connectivity index (χ0n) is 11.6. The number of nitrogens with two attached hydrogens (primary N) is 1. The second-order valence-corrected chi connectivity index (χ2v) is 4.89. The Kier molecular flexibility index (Phi) is 3.09. The lowest BCUT2D eigenvalue weighted by atomic mass is 10.1. The van der Waals surface area contributed by atoms with Crippen molar-refractivity contribution < 1.29 is 4.92 Å². The third-order valence-electron chi connectivity index (χ3n) is 3.60. The van der Waals surface area contributed by atoms with Gasteiger partial charge < -0.3 is 15.5 Å². The second kappa shape index (κ2) is 4.93. The minimum atomic E-state index is -0.524. The van der Waals surface area contributed by atoms with Crippen molar-refractivity contribution in [2.45, 2.75) is 0 Å². The van der Waals surface area contributed by atoms with Crippen molar-refractivity contribution in [2.24, 2.45) is 0 Å². The molecule has 1 aromatic heterocycles. The number of nitro groups is 1. The van der Waals surface area contributed by atoms with Crippen molar-refractivity contribution in [3.63, 3.8) is 0 Å². The van der Waals surface area contributed by atoms with E-state index in [4.69, 9.17) is 5.73 Å². The van der Waals surface area contributed by atoms with Crippen LogP contribution in [0.25, 0.3) is 0 Å². The van der Waals surface area contributed by atoms with Crippen LogP contribution in [0.3, 0.4) is 0 Å². The van der Waals surface area contributed by atoms with Crippen molar-refractivity contribution in [2.75, 3.05) is 35.7 Å². The van der Waals surface area contributed by atoms with Gasteiger partial charge in [0.15, 0.2) is 0 Å². The van der Waals surface area contributed by atoms with Crippen LogP contribution < -0.4 is 15.5 Å². The molecule has 0 atom stereocenters. The number of hydrogen-bond donors (Lipinski definition) is 1. The Hall–Kier alpha value is -2.83. The summed E-state index contributed by atoms with van der Waals surface area (Å²) < 4.78 is 0. The topological polar surface area (TPSA) is 88.5 Å². The molecule has 7 nitrogen and oxygen atoms in total. The molecule has 1 aliphatic rings. The Morgan fingerprint density at radius 1 is 1.19 bits per heavy atom. The lowest BCUT2D eigenvalue weighted by Gasteiger charge is -2.36. The molecule has 1 aromatic carbocycles. The summed E-state index contributed by atoms with van der Waals surface area (Å²) in [5.74, 6) is 0.563. The van der Waals surface area contributed by atoms with Gasteiger partial charge in [-0.2, -0.15) is 0 Å². The maximum atomic E-state index is 10.8. The summed E-state index contributed by atoms with van der Waals surface area (Å²) in [7, 11) is 2.04. The predicted molar refractivity (Wildman–Crippen MR) is 82.0 cm³/mol. The first-order chi connectivity index (χ1) is 10.1. The average Bonchev–Trinajstić information content (AvgIpc) is 2.47. The number of pyridine rings is 1. The molecule has 0 fully saturated rings. The Bertz CT molecular complexity index is 704. The number of para-hydroxylation sites is 2. The highest BCUT2D eigenvalue weighted by Crippen LogP contribution is 2.36. The fourth-order valence-corrected chi connectivity index (χ4v) is 2.51. The number of benzene rings is 1. The normalized spacial score (nSPS) is 14.0. The number of rotatable bonds is 2. The van der Waals surface area contributed by atoms with Gasteiger partial charge in [0.1, 0.15) is 5.82 Å². The first kappa shape index (κ1) is 13.2. The summed E-state index contributed by atoms with van der Waals surface area (Å²) in [5.41, 5.74) is 7.64. The molecule has 1 aliphatic heterocycles. The van der Waals surface area contributed by atoms with E-state index in [9.17, 15) is 10.1 Å². The molecule has 0 saturated carbocycles. The highest BCUT2D eigenvalue weighted by molar-refractivity contribution is 5.78. The van der Waals surface area contributed by atoms with Crippen LogP contribution in [0.1, 0.15) is 0 Å². The van der Waals surface area contributed by atoms with E-state index in [0.717, 1.165) is 24.5 Å². The van der Waals surface area contributed by atoms with Crippen LogP contribution >= 0.6 is 0 Å². The summed E-state index contributed by atoms with van der Waals surface area (Å²) >= 11 is 0. The van der Waals surface area contributed by atoms with Crippen molar-refractivity contribution in [1.29, 1.82) is 0 Å². The van der Waals surface area contributed by atoms with E-state index >= 15 is 0 Å². The Morgan fingerprint density at radius 3 is 2.57 bits per heavy atom. The molecule has 21 heavy (non-hydrogen) atoms. The maximum absolute atomic E-state index is 10.8. The van der Waals surface area contributed by atoms with Crippen molar-refractivity contribution in [3.05, 3.63) is 46.5 Å². The van der Waals surface area contributed by atoms with Gasteiger partial charge in [0.05, 0.1) is 16.3 Å². The summed E-state index contributed by atoms with van der Waals surface area (Å²) in [4.78, 5) is 18.7. The first-order valence-corrected chi connectivity index (χ1v) is 6.56. The average molecular weight is 285 g/mol. The summed E-state index contributed by atoms with van der Waals surface area (Å²) in [6.07, 6.45) is 0. The van der Waals surface area contributed by atoms with Crippen molar-refractivity contribution in [3.8, 4) is 0 Å². The molecule has 2 N–H and O–H groups in total. The lowest BCUT2D eigenvalue weighted by molar-refractivity contribution is -0.384. The fourth-order valence-electron chi connectivity index (χ4n) is 2.51. The fraction of sp³-hybridized carbons (Fsp3) is 0.214. The standard InChI is InChI=1S/C14H15N5O2/c1-17-8-9-18(11-5-3-2-4-10(11)17)13-7-6-12(19(20)21)14(15)16-13/h2-7H,8-9H2,1H3,(H2,15,16). The molecule has 0 aliphatic carbocycles. The van der Waals surface area contributed by atoms with Gasteiger partial charge in [-0.25, -0.2) is 4.98 Å². The summed E-state index contributed by atoms with van der Waals surface area (Å²) in [5, 5.41) is 10.8. The van der Waals surface area contributed by atoms with E-state index in [-0.39, 0.29) is 11.5 Å². The van der Waals surface area contributed by atoms with E-state index < -0.39 is 4.92 Å². The third kappa shape index (κ3) is 2.22. The second-order valence-electron chi connectivity index (χ2n) is 4.89. The SMILES string of the molecule is CN1CCN(c2ccc([N+](=O)[O-])c(N)n2)c2ccccc21. The molecule has 0 bridgehead atoms. The van der Waals surface area contributed by atoms with Gasteiger partial charge >= 0.3 is 5.69 Å². The number of nitrogens with zero attached hydrogens (tertiary/aromatic N) is 4. The maximum Gasteiger partial charge on any atom is 0.311 e. The van der Waals surface area contributed by atoms with E-state index in [2.05, 4.69) is 9.88 Å². The van der Waals surface area contributed by atoms with Gasteiger partial charge in [0.2, 0.25) is 5.82 Å². The molecule has 7 heteroatoms. The summed E-state index contributed by atoms with van der Waals surface area (Å²) in [6, 6.07) is 11.0. The summed E-state index contributed by atoms with van der Waals surface area (Å²) in [6.45, 7) is 1.59. The monoisotopic (exact) mass is 285 g/mol. The van der Waals surface area contributed by atoms with Crippen LogP contribution in [0.15, 0.2) is 36.4 Å². The number of aromatic nitrogens is 1. The third-order valence-corrected chi connectivity index (χ3v) is 3.60. The van der Waals surface area contributed by atoms with E-state index in [1.165, 1.54) is 6.07 Å². The van der Waals surface area contributed by atoms with Gasteiger partial charge in [0, 0.05) is 26.2 Å². The highest BCUT2D eigenvalue weighted by atomic mass is 16.6. The van der Waals surface area contributed by atoms with Crippen molar-refractivity contribution >= 4 is 28.7 Å². The molecule has 108 valence electrons. The van der Waals surface area contributed by atoms with Crippen LogP contribution in [0.4, 0.5) is 28.7 Å². The van der Waals surface area contributed by atoms with Gasteiger partial charge in [-0.05, 0) is 18.2 Å². The molecular formula is C14H15N5O2. The number of fused-ring (bicyclic) bond motifs is 1. The Morgan fingerprint density at radius 2 is 1.90 bits per heavy atom. The van der Waals surface area contributed by atoms with Crippen LogP contribution in [-0.2, 0) is 0 Å². The Labute approximate surface area is 121 Å². The van der Waals surface area contributed by atoms with E-state index in [1.54, 1.807) is 6.07 Å². The Balaban J connectivity index is 2.04. The zero-order chi connectivity index (χ0) is 15.0. The molecule has 3 rings (SSSR count). The molecule has 0 saturated heterocycles. The molecule has 2 heterocycles. The quantitative estimate of drug-likeness (QED) is 0.672. The number of likely N-dealkylation sites (N-methyl/N-ethyl adjacent to an activating group) is 1. The predicted octanol–water partition coefficient (Wildman–Crippen LogP) is 2.16. The van der Waals surface area contributed by atoms with E-state index in [1.807, 2.05) is 36.2 Å². The highest BCUT2D eigenvalue weighted by Gasteiger charge is 2.23. The molecule has 2 aromatic rings. The molecule has 0 unspecified atom stereocenters. The number of nitrogen functional groups attached to an aromatic ring is 1. The molecule has 0 radical (unpaired) electrons. The van der Waals surface area contributed by atoms with Crippen LogP contribution in [0.5, 0.6) is 0 Å². The largest absolute Gasteiger partial charge is 0.378 e. The van der Waals surface area contributed by atoms with Crippen LogP contribution in [-0.4, -0.2) is 30.0 Å². The molecular weight excluding hydrogens is 270 g/mol. The minimum absolute atomic E-state index is 0.0612. The smallest absolute Gasteiger partial charge is 0.311 e. The number of hydrogen-bond acceptors (Lipinski definition) is 6. The van der Waals surface area contributed by atoms with Gasteiger partial charge in [-0.1, -0.05) is 12.1 Å². The van der Waals surface area contributed by atoms with Crippen molar-refractivity contribution in [1.82, 2.24) is 4.98 Å². The molecule has 0 amide bonds. The van der Waals surface area contributed by atoms with Gasteiger partial charge in [-0.15, -0.1) is 0 Å². The number of anilines is 4. The molecule has 0 spiro atoms. The van der Waals surface area contributed by atoms with Gasteiger partial charge in [0.25, 0.3) is 0 Å². The lowest BCUT2D eigenvalue weighted by Crippen LogP contribution is -2.36. The van der Waals surface area contributed by atoms with Crippen LogP contribution in [0, 0.1) is 10.1 Å². The van der Waals surface area contributed by atoms with Gasteiger partial charge in [-0.3, -0.25) is 10.1 Å². The first-order valence-electron chi connectivity index (χ1n) is 6.56. The zero-order valence-corrected chi connectivity index (χ0v) is 11.6.